The fourth-order valence-corrected chi connectivity index (χ4v) is 2.22. The normalized spacial score (nSPS) is 12.3. The van der Waals surface area contributed by atoms with Gasteiger partial charge in [0.2, 0.25) is 0 Å². The van der Waals surface area contributed by atoms with Gasteiger partial charge in [0.15, 0.2) is 11.7 Å². The molecule has 1 heterocycles. The molecule has 0 radical (unpaired) electrons. The summed E-state index contributed by atoms with van der Waals surface area (Å²) in [5, 5.41) is 8.99. The van der Waals surface area contributed by atoms with Crippen LogP contribution in [0, 0.1) is 5.82 Å². The zero-order valence-electron chi connectivity index (χ0n) is 15.5. The van der Waals surface area contributed by atoms with Crippen molar-refractivity contribution in [2.24, 2.45) is 4.99 Å². The lowest BCUT2D eigenvalue weighted by atomic mass is 10.3. The van der Waals surface area contributed by atoms with Gasteiger partial charge in [-0.15, -0.1) is 0 Å². The summed E-state index contributed by atoms with van der Waals surface area (Å²) in [7, 11) is 0. The van der Waals surface area contributed by atoms with Gasteiger partial charge in [0.25, 0.3) is 5.91 Å². The molecule has 0 bridgehead atoms. The van der Waals surface area contributed by atoms with Crippen LogP contribution in [0.25, 0.3) is 0 Å². The summed E-state index contributed by atoms with van der Waals surface area (Å²) in [6.07, 6.45) is 1.23. The first-order valence-corrected chi connectivity index (χ1v) is 8.84. The molecule has 0 fully saturated rings. The van der Waals surface area contributed by atoms with E-state index in [9.17, 15) is 9.18 Å². The van der Waals surface area contributed by atoms with E-state index in [4.69, 9.17) is 9.15 Å². The molecule has 0 aliphatic rings. The standard InChI is InChI=1S/C19H25FN4O3/c1-3-21-19(23-10-9-22-18(25)17-8-5-11-26-17)24-13-14(2)27-16-7-4-6-15(20)12-16/h4-8,11-12,14H,3,9-10,13H2,1-2H3,(H,22,25)(H2,21,23,24). The topological polar surface area (TPSA) is 87.9 Å². The number of rotatable bonds is 9. The second kappa shape index (κ2) is 10.8. The summed E-state index contributed by atoms with van der Waals surface area (Å²) in [5.41, 5.74) is 0. The van der Waals surface area contributed by atoms with Crippen molar-refractivity contribution in [3.63, 3.8) is 0 Å². The minimum atomic E-state index is -0.338. The number of benzene rings is 1. The largest absolute Gasteiger partial charge is 0.489 e. The van der Waals surface area contributed by atoms with E-state index < -0.39 is 0 Å². The van der Waals surface area contributed by atoms with E-state index in [1.54, 1.807) is 24.3 Å². The fraction of sp³-hybridized carbons (Fsp3) is 0.368. The highest BCUT2D eigenvalue weighted by molar-refractivity contribution is 5.91. The van der Waals surface area contributed by atoms with Crippen molar-refractivity contribution in [2.75, 3.05) is 26.2 Å². The van der Waals surface area contributed by atoms with Crippen LogP contribution in [0.1, 0.15) is 24.4 Å². The molecule has 0 spiro atoms. The molecule has 0 saturated heterocycles. The first kappa shape index (κ1) is 20.3. The smallest absolute Gasteiger partial charge is 0.287 e. The summed E-state index contributed by atoms with van der Waals surface area (Å²) >= 11 is 0. The number of halogens is 1. The third kappa shape index (κ3) is 7.39. The average Bonchev–Trinajstić information content (AvgIpc) is 3.18. The molecular weight excluding hydrogens is 351 g/mol. The molecule has 1 aromatic heterocycles. The van der Waals surface area contributed by atoms with Crippen LogP contribution in [-0.2, 0) is 0 Å². The van der Waals surface area contributed by atoms with Crippen molar-refractivity contribution < 1.29 is 18.3 Å². The lowest BCUT2D eigenvalue weighted by molar-refractivity contribution is 0.0926. The molecule has 8 heteroatoms. The van der Waals surface area contributed by atoms with Crippen molar-refractivity contribution in [3.8, 4) is 5.75 Å². The highest BCUT2D eigenvalue weighted by Crippen LogP contribution is 2.13. The maximum Gasteiger partial charge on any atom is 0.287 e. The highest BCUT2D eigenvalue weighted by Gasteiger charge is 2.08. The average molecular weight is 376 g/mol. The molecule has 1 amide bonds. The summed E-state index contributed by atoms with van der Waals surface area (Å²) in [4.78, 5) is 16.2. The van der Waals surface area contributed by atoms with Crippen molar-refractivity contribution in [2.45, 2.75) is 20.0 Å². The molecule has 0 aliphatic carbocycles. The molecule has 1 atom stereocenters. The number of ether oxygens (including phenoxy) is 1. The van der Waals surface area contributed by atoms with Crippen LogP contribution < -0.4 is 20.7 Å². The lowest BCUT2D eigenvalue weighted by Gasteiger charge is -2.15. The van der Waals surface area contributed by atoms with Gasteiger partial charge in [-0.1, -0.05) is 6.07 Å². The number of hydrogen-bond donors (Lipinski definition) is 3. The zero-order chi connectivity index (χ0) is 19.5. The maximum atomic E-state index is 13.2. The predicted octanol–water partition coefficient (Wildman–Crippen LogP) is 2.17. The first-order chi connectivity index (χ1) is 13.1. The third-order valence-corrected chi connectivity index (χ3v) is 3.43. The molecule has 1 aromatic carbocycles. The summed E-state index contributed by atoms with van der Waals surface area (Å²) in [6, 6.07) is 9.28. The summed E-state index contributed by atoms with van der Waals surface area (Å²) in [6.45, 7) is 5.83. The predicted molar refractivity (Wildman–Crippen MR) is 102 cm³/mol. The van der Waals surface area contributed by atoms with E-state index in [0.29, 0.717) is 37.9 Å². The number of aliphatic imine (C=N–C) groups is 1. The molecule has 0 saturated carbocycles. The van der Waals surface area contributed by atoms with E-state index in [1.165, 1.54) is 18.4 Å². The molecular formula is C19H25FN4O3. The molecule has 146 valence electrons. The highest BCUT2D eigenvalue weighted by atomic mass is 19.1. The van der Waals surface area contributed by atoms with Gasteiger partial charge < -0.3 is 25.1 Å². The fourth-order valence-electron chi connectivity index (χ4n) is 2.22. The molecule has 2 aromatic rings. The van der Waals surface area contributed by atoms with Gasteiger partial charge in [0, 0.05) is 25.7 Å². The van der Waals surface area contributed by atoms with Crippen LogP contribution in [-0.4, -0.2) is 44.1 Å². The summed E-state index contributed by atoms with van der Waals surface area (Å²) in [5.74, 6) is 0.755. The van der Waals surface area contributed by atoms with Crippen molar-refractivity contribution in [1.82, 2.24) is 16.0 Å². The Morgan fingerprint density at radius 3 is 2.74 bits per heavy atom. The quantitative estimate of drug-likeness (QED) is 0.355. The Morgan fingerprint density at radius 1 is 1.22 bits per heavy atom. The van der Waals surface area contributed by atoms with Crippen LogP contribution in [0.5, 0.6) is 5.75 Å². The number of carbonyl (C=O) groups excluding carboxylic acids is 1. The Labute approximate surface area is 158 Å². The van der Waals surface area contributed by atoms with Crippen LogP contribution >= 0.6 is 0 Å². The van der Waals surface area contributed by atoms with Crippen LogP contribution in [0.3, 0.4) is 0 Å². The second-order valence-electron chi connectivity index (χ2n) is 5.77. The lowest BCUT2D eigenvalue weighted by Crippen LogP contribution is -2.42. The van der Waals surface area contributed by atoms with Gasteiger partial charge in [-0.25, -0.2) is 9.38 Å². The number of carbonyl (C=O) groups is 1. The molecule has 3 N–H and O–H groups in total. The van der Waals surface area contributed by atoms with E-state index in [2.05, 4.69) is 20.9 Å². The third-order valence-electron chi connectivity index (χ3n) is 3.43. The minimum absolute atomic E-state index is 0.221. The number of furan rings is 1. The molecule has 27 heavy (non-hydrogen) atoms. The van der Waals surface area contributed by atoms with Gasteiger partial charge in [-0.3, -0.25) is 4.79 Å². The maximum absolute atomic E-state index is 13.2. The Morgan fingerprint density at radius 2 is 2.04 bits per heavy atom. The van der Waals surface area contributed by atoms with Gasteiger partial charge >= 0.3 is 0 Å². The Balaban J connectivity index is 1.74. The van der Waals surface area contributed by atoms with Crippen LogP contribution in [0.2, 0.25) is 0 Å². The SMILES string of the molecule is CCNC(=NCC(C)Oc1cccc(F)c1)NCCNC(=O)c1ccco1. The number of nitrogens with one attached hydrogen (secondary N) is 3. The summed E-state index contributed by atoms with van der Waals surface area (Å²) < 4.78 is 23.9. The molecule has 7 nitrogen and oxygen atoms in total. The zero-order valence-corrected chi connectivity index (χ0v) is 15.5. The Hall–Kier alpha value is -3.03. The minimum Gasteiger partial charge on any atom is -0.489 e. The van der Waals surface area contributed by atoms with Crippen molar-refractivity contribution >= 4 is 11.9 Å². The van der Waals surface area contributed by atoms with Gasteiger partial charge in [-0.05, 0) is 38.1 Å². The van der Waals surface area contributed by atoms with Gasteiger partial charge in [0.05, 0.1) is 12.8 Å². The number of guanidine groups is 1. The molecule has 2 rings (SSSR count). The van der Waals surface area contributed by atoms with Gasteiger partial charge in [0.1, 0.15) is 17.7 Å². The van der Waals surface area contributed by atoms with E-state index in [-0.39, 0.29) is 23.6 Å². The van der Waals surface area contributed by atoms with Gasteiger partial charge in [-0.2, -0.15) is 0 Å². The first-order valence-electron chi connectivity index (χ1n) is 8.84. The van der Waals surface area contributed by atoms with Crippen molar-refractivity contribution in [3.05, 3.63) is 54.2 Å². The molecule has 0 aliphatic heterocycles. The van der Waals surface area contributed by atoms with Crippen molar-refractivity contribution in [1.29, 1.82) is 0 Å². The molecule has 1 unspecified atom stereocenters. The monoisotopic (exact) mass is 376 g/mol. The van der Waals surface area contributed by atoms with E-state index in [1.807, 2.05) is 13.8 Å². The number of hydrogen-bond acceptors (Lipinski definition) is 4. The Bertz CT molecular complexity index is 734. The van der Waals surface area contributed by atoms with E-state index >= 15 is 0 Å². The number of amides is 1. The number of nitrogens with zero attached hydrogens (tertiary/aromatic N) is 1. The van der Waals surface area contributed by atoms with E-state index in [0.717, 1.165) is 0 Å². The Kier molecular flexibility index (Phi) is 8.15. The van der Waals surface area contributed by atoms with Crippen LogP contribution in [0.4, 0.5) is 4.39 Å². The second-order valence-corrected chi connectivity index (χ2v) is 5.77. The van der Waals surface area contributed by atoms with Crippen LogP contribution in [0.15, 0.2) is 52.1 Å².